The zero-order chi connectivity index (χ0) is 22.5. The van der Waals surface area contributed by atoms with Gasteiger partial charge in [0.1, 0.15) is 0 Å². The van der Waals surface area contributed by atoms with Crippen LogP contribution in [0.1, 0.15) is 28.7 Å². The van der Waals surface area contributed by atoms with Crippen molar-refractivity contribution in [3.63, 3.8) is 0 Å². The van der Waals surface area contributed by atoms with Crippen LogP contribution in [0.25, 0.3) is 5.69 Å². The Bertz CT molecular complexity index is 1110. The summed E-state index contributed by atoms with van der Waals surface area (Å²) in [6.45, 7) is 4.38. The molecule has 1 amide bonds. The van der Waals surface area contributed by atoms with Crippen molar-refractivity contribution in [3.05, 3.63) is 69.5 Å². The van der Waals surface area contributed by atoms with Crippen molar-refractivity contribution in [1.82, 2.24) is 19.9 Å². The van der Waals surface area contributed by atoms with Crippen molar-refractivity contribution in [2.24, 2.45) is 0 Å². The molecule has 2 aromatic carbocycles. The van der Waals surface area contributed by atoms with Crippen LogP contribution in [0.5, 0.6) is 11.5 Å². The van der Waals surface area contributed by atoms with Gasteiger partial charge >= 0.3 is 0 Å². The van der Waals surface area contributed by atoms with Crippen molar-refractivity contribution in [1.29, 1.82) is 0 Å². The Kier molecular flexibility index (Phi) is 6.49. The van der Waals surface area contributed by atoms with E-state index in [0.717, 1.165) is 5.56 Å². The molecule has 10 nitrogen and oxygen atoms in total. The molecule has 3 aromatic rings. The van der Waals surface area contributed by atoms with Crippen LogP contribution in [0.3, 0.4) is 0 Å². The van der Waals surface area contributed by atoms with Gasteiger partial charge in [0.25, 0.3) is 11.6 Å². The Labute approximate surface area is 179 Å². The number of hydrogen-bond acceptors (Lipinski definition) is 7. The van der Waals surface area contributed by atoms with Gasteiger partial charge in [0.15, 0.2) is 17.2 Å². The van der Waals surface area contributed by atoms with Crippen LogP contribution in [0.15, 0.2) is 42.5 Å². The molecule has 0 atom stereocenters. The quantitative estimate of drug-likeness (QED) is 0.402. The van der Waals surface area contributed by atoms with Crippen molar-refractivity contribution in [2.75, 3.05) is 20.8 Å². The molecule has 31 heavy (non-hydrogen) atoms. The minimum Gasteiger partial charge on any atom is -0.493 e. The first kappa shape index (κ1) is 21.8. The molecule has 0 saturated carbocycles. The van der Waals surface area contributed by atoms with E-state index in [2.05, 4.69) is 10.3 Å². The molecule has 0 N–H and O–H groups in total. The fourth-order valence-electron chi connectivity index (χ4n) is 3.19. The van der Waals surface area contributed by atoms with E-state index in [1.807, 2.05) is 19.1 Å². The molecule has 1 aromatic heterocycles. The molecule has 0 saturated heterocycles. The minimum absolute atomic E-state index is 0.0658. The Morgan fingerprint density at radius 3 is 2.55 bits per heavy atom. The number of benzene rings is 2. The summed E-state index contributed by atoms with van der Waals surface area (Å²) in [6.07, 6.45) is 0. The van der Waals surface area contributed by atoms with Gasteiger partial charge in [-0.15, -0.1) is 5.10 Å². The van der Waals surface area contributed by atoms with E-state index in [0.29, 0.717) is 36.0 Å². The normalized spacial score (nSPS) is 10.6. The highest BCUT2D eigenvalue weighted by atomic mass is 16.6. The van der Waals surface area contributed by atoms with Gasteiger partial charge in [0.2, 0.25) is 0 Å². The van der Waals surface area contributed by atoms with Crippen LogP contribution >= 0.6 is 0 Å². The number of amides is 1. The van der Waals surface area contributed by atoms with Crippen LogP contribution in [0.2, 0.25) is 0 Å². The maximum atomic E-state index is 13.1. The van der Waals surface area contributed by atoms with Crippen molar-refractivity contribution in [2.45, 2.75) is 20.4 Å². The Morgan fingerprint density at radius 1 is 1.16 bits per heavy atom. The Morgan fingerprint density at radius 2 is 1.90 bits per heavy atom. The van der Waals surface area contributed by atoms with Gasteiger partial charge in [0.05, 0.1) is 30.5 Å². The van der Waals surface area contributed by atoms with E-state index in [4.69, 9.17) is 9.47 Å². The third-order valence-electron chi connectivity index (χ3n) is 4.87. The van der Waals surface area contributed by atoms with Crippen LogP contribution in [-0.4, -0.2) is 51.5 Å². The lowest BCUT2D eigenvalue weighted by Gasteiger charge is -2.21. The maximum absolute atomic E-state index is 13.1. The summed E-state index contributed by atoms with van der Waals surface area (Å²) in [4.78, 5) is 25.4. The lowest BCUT2D eigenvalue weighted by Crippen LogP contribution is -2.31. The highest BCUT2D eigenvalue weighted by molar-refractivity contribution is 5.93. The summed E-state index contributed by atoms with van der Waals surface area (Å²) in [7, 11) is 3.12. The van der Waals surface area contributed by atoms with E-state index >= 15 is 0 Å². The number of carbonyl (C=O) groups excluding carboxylic acids is 1. The summed E-state index contributed by atoms with van der Waals surface area (Å²) in [6, 6.07) is 11.5. The monoisotopic (exact) mass is 425 g/mol. The molecule has 3 rings (SSSR count). The summed E-state index contributed by atoms with van der Waals surface area (Å²) in [5.41, 5.74) is 1.95. The Balaban J connectivity index is 1.86. The van der Waals surface area contributed by atoms with Crippen molar-refractivity contribution in [3.8, 4) is 17.2 Å². The fraction of sp³-hybridized carbons (Fsp3) is 0.286. The van der Waals surface area contributed by atoms with Crippen molar-refractivity contribution < 1.29 is 19.2 Å². The summed E-state index contributed by atoms with van der Waals surface area (Å²) in [5, 5.41) is 19.1. The highest BCUT2D eigenvalue weighted by Gasteiger charge is 2.23. The lowest BCUT2D eigenvalue weighted by molar-refractivity contribution is -0.384. The second kappa shape index (κ2) is 9.24. The van der Waals surface area contributed by atoms with E-state index in [1.54, 1.807) is 44.2 Å². The zero-order valence-corrected chi connectivity index (χ0v) is 17.7. The summed E-state index contributed by atoms with van der Waals surface area (Å²) >= 11 is 0. The minimum atomic E-state index is -0.482. The molecule has 0 aliphatic heterocycles. The molecule has 0 fully saturated rings. The van der Waals surface area contributed by atoms with Gasteiger partial charge in [-0.1, -0.05) is 17.3 Å². The number of aromatic nitrogens is 3. The predicted octanol–water partition coefficient (Wildman–Crippen LogP) is 3.16. The first-order valence-corrected chi connectivity index (χ1v) is 9.56. The molecule has 162 valence electrons. The number of ether oxygens (including phenoxy) is 2. The van der Waals surface area contributed by atoms with Crippen LogP contribution in [-0.2, 0) is 6.54 Å². The average molecular weight is 425 g/mol. The molecule has 0 unspecified atom stereocenters. The zero-order valence-electron chi connectivity index (χ0n) is 17.7. The SMILES string of the molecule is CCN(Cc1ccc(OC)c(OC)c1)C(=O)c1nnn(-c2cccc([N+](=O)[O-])c2)c1C. The number of carbonyl (C=O) groups is 1. The second-order valence-corrected chi connectivity index (χ2v) is 6.72. The molecule has 1 heterocycles. The van der Waals surface area contributed by atoms with E-state index in [1.165, 1.54) is 16.8 Å². The van der Waals surface area contributed by atoms with Crippen molar-refractivity contribution >= 4 is 11.6 Å². The molecule has 0 aliphatic rings. The number of nitro benzene ring substituents is 1. The van der Waals surface area contributed by atoms with E-state index in [9.17, 15) is 14.9 Å². The van der Waals surface area contributed by atoms with Crippen LogP contribution in [0, 0.1) is 17.0 Å². The number of hydrogen-bond donors (Lipinski definition) is 0. The van der Waals surface area contributed by atoms with Crippen LogP contribution < -0.4 is 9.47 Å². The summed E-state index contributed by atoms with van der Waals surface area (Å²) in [5.74, 6) is 0.902. The molecule has 0 spiro atoms. The van der Waals surface area contributed by atoms with E-state index < -0.39 is 4.92 Å². The largest absolute Gasteiger partial charge is 0.493 e. The topological polar surface area (TPSA) is 113 Å². The third-order valence-corrected chi connectivity index (χ3v) is 4.87. The third kappa shape index (κ3) is 4.47. The van der Waals surface area contributed by atoms with Gasteiger partial charge in [-0.2, -0.15) is 0 Å². The number of methoxy groups -OCH3 is 2. The van der Waals surface area contributed by atoms with E-state index in [-0.39, 0.29) is 17.3 Å². The Hall–Kier alpha value is -3.95. The number of rotatable bonds is 8. The first-order chi connectivity index (χ1) is 14.9. The van der Waals surface area contributed by atoms with Gasteiger partial charge in [0, 0.05) is 25.2 Å². The average Bonchev–Trinajstić information content (AvgIpc) is 3.18. The maximum Gasteiger partial charge on any atom is 0.276 e. The summed E-state index contributed by atoms with van der Waals surface area (Å²) < 4.78 is 12.0. The van der Waals surface area contributed by atoms with Gasteiger partial charge in [-0.05, 0) is 37.6 Å². The number of nitro groups is 1. The molecule has 0 aliphatic carbocycles. The fourth-order valence-corrected chi connectivity index (χ4v) is 3.19. The lowest BCUT2D eigenvalue weighted by atomic mass is 10.1. The number of nitrogens with zero attached hydrogens (tertiary/aromatic N) is 5. The van der Waals surface area contributed by atoms with Gasteiger partial charge in [-0.25, -0.2) is 4.68 Å². The van der Waals surface area contributed by atoms with Crippen LogP contribution in [0.4, 0.5) is 5.69 Å². The van der Waals surface area contributed by atoms with Gasteiger partial charge in [-0.3, -0.25) is 14.9 Å². The second-order valence-electron chi connectivity index (χ2n) is 6.72. The smallest absolute Gasteiger partial charge is 0.276 e. The highest BCUT2D eigenvalue weighted by Crippen LogP contribution is 2.28. The predicted molar refractivity (Wildman–Crippen MR) is 113 cm³/mol. The standard InChI is InChI=1S/C21H23N5O5/c1-5-24(13-15-9-10-18(30-3)19(11-15)31-4)21(27)20-14(2)25(23-22-20)16-7-6-8-17(12-16)26(28)29/h6-12H,5,13H2,1-4H3. The first-order valence-electron chi connectivity index (χ1n) is 9.56. The number of non-ortho nitro benzene ring substituents is 1. The van der Waals surface area contributed by atoms with Gasteiger partial charge < -0.3 is 14.4 Å². The molecule has 0 radical (unpaired) electrons. The molecule has 0 bridgehead atoms. The molecular formula is C21H23N5O5. The molecule has 10 heteroatoms. The molecular weight excluding hydrogens is 402 g/mol.